The molecule has 1 atom stereocenters. The highest BCUT2D eigenvalue weighted by atomic mass is 19.1. The number of carbonyl (C=O) groups excluding carboxylic acids is 2. The van der Waals surface area contributed by atoms with Gasteiger partial charge in [-0.15, -0.1) is 0 Å². The first-order chi connectivity index (χ1) is 13.0. The van der Waals surface area contributed by atoms with Crippen LogP contribution in [0.2, 0.25) is 0 Å². The Kier molecular flexibility index (Phi) is 4.68. The average molecular weight is 373 g/mol. The van der Waals surface area contributed by atoms with Gasteiger partial charge in [-0.25, -0.2) is 8.78 Å². The molecule has 2 aliphatic heterocycles. The summed E-state index contributed by atoms with van der Waals surface area (Å²) >= 11 is 0. The molecule has 27 heavy (non-hydrogen) atoms. The van der Waals surface area contributed by atoms with E-state index in [9.17, 15) is 18.4 Å². The van der Waals surface area contributed by atoms with Crippen molar-refractivity contribution in [3.63, 3.8) is 0 Å². The summed E-state index contributed by atoms with van der Waals surface area (Å²) in [4.78, 5) is 28.3. The lowest BCUT2D eigenvalue weighted by molar-refractivity contribution is -0.137. The van der Waals surface area contributed by atoms with Gasteiger partial charge in [0.05, 0.1) is 5.92 Å². The van der Waals surface area contributed by atoms with Crippen molar-refractivity contribution >= 4 is 17.5 Å². The second-order valence-electron chi connectivity index (χ2n) is 7.22. The molecule has 2 amide bonds. The van der Waals surface area contributed by atoms with E-state index in [1.54, 1.807) is 0 Å². The second-order valence-corrected chi connectivity index (χ2v) is 7.22. The Morgan fingerprint density at radius 3 is 2.26 bits per heavy atom. The van der Waals surface area contributed by atoms with E-state index < -0.39 is 17.6 Å². The fourth-order valence-corrected chi connectivity index (χ4v) is 4.05. The van der Waals surface area contributed by atoms with Crippen LogP contribution in [0.4, 0.5) is 14.5 Å². The summed E-state index contributed by atoms with van der Waals surface area (Å²) in [6.45, 7) is 1.47. The Morgan fingerprint density at radius 1 is 1.00 bits per heavy atom. The van der Waals surface area contributed by atoms with Gasteiger partial charge in [0.15, 0.2) is 0 Å². The first-order valence-electron chi connectivity index (χ1n) is 9.19. The van der Waals surface area contributed by atoms with Gasteiger partial charge in [0, 0.05) is 56.2 Å². The average Bonchev–Trinajstić information content (AvgIpc) is 3.30. The summed E-state index contributed by atoms with van der Waals surface area (Å²) in [6, 6.07) is 7.38. The number of aromatic nitrogens is 1. The van der Waals surface area contributed by atoms with Gasteiger partial charge in [0.2, 0.25) is 11.8 Å². The highest BCUT2D eigenvalue weighted by Crippen LogP contribution is 2.29. The van der Waals surface area contributed by atoms with Crippen molar-refractivity contribution in [2.45, 2.75) is 25.3 Å². The maximum absolute atomic E-state index is 13.5. The third kappa shape index (κ3) is 3.59. The quantitative estimate of drug-likeness (QED) is 0.830. The Morgan fingerprint density at radius 2 is 1.63 bits per heavy atom. The van der Waals surface area contributed by atoms with Crippen LogP contribution in [0.25, 0.3) is 0 Å². The molecular formula is C20H21F2N3O2. The minimum absolute atomic E-state index is 0.0475. The van der Waals surface area contributed by atoms with Gasteiger partial charge in [-0.2, -0.15) is 0 Å². The standard InChI is InChI=1S/C20H21F2N3O2/c21-15-10-16(22)12-18(11-15)25-13-14(9-19(25)26)20(27)24-7-3-17(4-8-24)23-5-1-2-6-23/h1-2,5-6,10-12,14,17H,3-4,7-9,13H2. The molecule has 5 nitrogen and oxygen atoms in total. The summed E-state index contributed by atoms with van der Waals surface area (Å²) in [5.41, 5.74) is 0.166. The van der Waals surface area contributed by atoms with E-state index in [-0.39, 0.29) is 30.5 Å². The van der Waals surface area contributed by atoms with Crippen molar-refractivity contribution in [3.8, 4) is 0 Å². The number of piperidine rings is 1. The summed E-state index contributed by atoms with van der Waals surface area (Å²) in [5.74, 6) is -2.26. The molecule has 0 bridgehead atoms. The van der Waals surface area contributed by atoms with E-state index in [0.29, 0.717) is 19.1 Å². The van der Waals surface area contributed by atoms with Crippen LogP contribution in [0.5, 0.6) is 0 Å². The van der Waals surface area contributed by atoms with Crippen molar-refractivity contribution in [1.29, 1.82) is 0 Å². The van der Waals surface area contributed by atoms with Gasteiger partial charge < -0.3 is 14.4 Å². The van der Waals surface area contributed by atoms with E-state index in [1.165, 1.54) is 4.90 Å². The number of hydrogen-bond donors (Lipinski definition) is 0. The maximum Gasteiger partial charge on any atom is 0.228 e. The number of hydrogen-bond acceptors (Lipinski definition) is 2. The number of halogens is 2. The number of anilines is 1. The van der Waals surface area contributed by atoms with Gasteiger partial charge >= 0.3 is 0 Å². The van der Waals surface area contributed by atoms with Gasteiger partial charge in [-0.3, -0.25) is 9.59 Å². The molecule has 7 heteroatoms. The third-order valence-corrected chi connectivity index (χ3v) is 5.46. The molecule has 2 aromatic rings. The smallest absolute Gasteiger partial charge is 0.228 e. The van der Waals surface area contributed by atoms with Gasteiger partial charge in [0.1, 0.15) is 11.6 Å². The first kappa shape index (κ1) is 17.7. The summed E-state index contributed by atoms with van der Waals surface area (Å²) in [5, 5.41) is 0. The van der Waals surface area contributed by atoms with Crippen LogP contribution in [0, 0.1) is 17.6 Å². The van der Waals surface area contributed by atoms with Crippen molar-refractivity contribution in [1.82, 2.24) is 9.47 Å². The van der Waals surface area contributed by atoms with E-state index in [1.807, 2.05) is 29.4 Å². The largest absolute Gasteiger partial charge is 0.351 e. The number of nitrogens with zero attached hydrogens (tertiary/aromatic N) is 3. The molecule has 0 radical (unpaired) electrons. The van der Waals surface area contributed by atoms with Crippen LogP contribution in [0.3, 0.4) is 0 Å². The van der Waals surface area contributed by atoms with Crippen LogP contribution in [-0.4, -0.2) is 40.9 Å². The Bertz CT molecular complexity index is 825. The maximum atomic E-state index is 13.5. The lowest BCUT2D eigenvalue weighted by atomic mass is 10.0. The van der Waals surface area contributed by atoms with E-state index in [4.69, 9.17) is 0 Å². The molecule has 0 N–H and O–H groups in total. The van der Waals surface area contributed by atoms with E-state index in [2.05, 4.69) is 4.57 Å². The molecule has 1 unspecified atom stereocenters. The number of carbonyl (C=O) groups is 2. The van der Waals surface area contributed by atoms with Gasteiger partial charge in [0.25, 0.3) is 0 Å². The van der Waals surface area contributed by atoms with Gasteiger partial charge in [-0.05, 0) is 37.1 Å². The fraction of sp³-hybridized carbons (Fsp3) is 0.400. The molecule has 0 aliphatic carbocycles. The zero-order valence-corrected chi connectivity index (χ0v) is 14.9. The van der Waals surface area contributed by atoms with E-state index >= 15 is 0 Å². The van der Waals surface area contributed by atoms with Crippen LogP contribution in [0.1, 0.15) is 25.3 Å². The monoisotopic (exact) mass is 373 g/mol. The molecule has 1 aromatic heterocycles. The van der Waals surface area contributed by atoms with Crippen LogP contribution in [0.15, 0.2) is 42.7 Å². The zero-order chi connectivity index (χ0) is 19.0. The second kappa shape index (κ2) is 7.13. The fourth-order valence-electron chi connectivity index (χ4n) is 4.05. The Labute approximate surface area is 156 Å². The molecule has 2 saturated heterocycles. The number of rotatable bonds is 3. The topological polar surface area (TPSA) is 45.6 Å². The minimum Gasteiger partial charge on any atom is -0.351 e. The Balaban J connectivity index is 1.39. The lowest BCUT2D eigenvalue weighted by Crippen LogP contribution is -2.42. The van der Waals surface area contributed by atoms with Crippen molar-refractivity contribution in [3.05, 3.63) is 54.4 Å². The summed E-state index contributed by atoms with van der Waals surface area (Å²) in [7, 11) is 0. The molecule has 3 heterocycles. The summed E-state index contributed by atoms with van der Waals surface area (Å²) < 4.78 is 29.1. The molecule has 0 spiro atoms. The molecule has 2 aliphatic rings. The molecule has 2 fully saturated rings. The molecule has 4 rings (SSSR count). The number of likely N-dealkylation sites (tertiary alicyclic amines) is 1. The molecule has 0 saturated carbocycles. The summed E-state index contributed by atoms with van der Waals surface area (Å²) in [6.07, 6.45) is 5.90. The normalized spacial score (nSPS) is 21.1. The SMILES string of the molecule is O=C(C1CC(=O)N(c2cc(F)cc(F)c2)C1)N1CCC(n2cccc2)CC1. The van der Waals surface area contributed by atoms with Crippen molar-refractivity contribution in [2.24, 2.45) is 5.92 Å². The van der Waals surface area contributed by atoms with Crippen LogP contribution in [-0.2, 0) is 9.59 Å². The lowest BCUT2D eigenvalue weighted by Gasteiger charge is -2.34. The first-order valence-corrected chi connectivity index (χ1v) is 9.19. The highest BCUT2D eigenvalue weighted by molar-refractivity contribution is 6.00. The molecule has 142 valence electrons. The highest BCUT2D eigenvalue weighted by Gasteiger charge is 2.38. The number of benzene rings is 1. The molecule has 1 aromatic carbocycles. The van der Waals surface area contributed by atoms with Crippen LogP contribution >= 0.6 is 0 Å². The van der Waals surface area contributed by atoms with Crippen molar-refractivity contribution < 1.29 is 18.4 Å². The minimum atomic E-state index is -0.736. The zero-order valence-electron chi connectivity index (χ0n) is 14.9. The Hall–Kier alpha value is -2.70. The van der Waals surface area contributed by atoms with E-state index in [0.717, 1.165) is 31.0 Å². The predicted molar refractivity (Wildman–Crippen MR) is 96.1 cm³/mol. The predicted octanol–water partition coefficient (Wildman–Crippen LogP) is 2.98. The van der Waals surface area contributed by atoms with Gasteiger partial charge in [-0.1, -0.05) is 0 Å². The number of amides is 2. The molecular weight excluding hydrogens is 352 g/mol. The van der Waals surface area contributed by atoms with Crippen molar-refractivity contribution in [2.75, 3.05) is 24.5 Å². The van der Waals surface area contributed by atoms with Crippen LogP contribution < -0.4 is 4.90 Å². The third-order valence-electron chi connectivity index (χ3n) is 5.46.